The molecular formula is C12H14NO3S+. The molecule has 0 aliphatic carbocycles. The first-order valence-electron chi connectivity index (χ1n) is 5.28. The molecule has 0 unspecified atom stereocenters. The van der Waals surface area contributed by atoms with Crippen molar-refractivity contribution < 1.29 is 18.6 Å². The summed E-state index contributed by atoms with van der Waals surface area (Å²) in [7, 11) is -3.43. The third-order valence-corrected chi connectivity index (χ3v) is 4.72. The van der Waals surface area contributed by atoms with Crippen LogP contribution < -0.4 is 5.73 Å². The first-order valence-corrected chi connectivity index (χ1v) is 6.82. The molecule has 1 heterocycles. The molecule has 0 aliphatic rings. The molecule has 5 heteroatoms. The highest BCUT2D eigenvalue weighted by atomic mass is 32.2. The van der Waals surface area contributed by atoms with E-state index < -0.39 is 15.1 Å². The maximum Gasteiger partial charge on any atom is 0.194 e. The Balaban J connectivity index is 2.45. The Labute approximate surface area is 100.0 Å². The molecule has 0 amide bonds. The Morgan fingerprint density at radius 2 is 1.82 bits per heavy atom. The number of hydrogen-bond donors (Lipinski definition) is 1. The van der Waals surface area contributed by atoms with Gasteiger partial charge in [0.25, 0.3) is 0 Å². The van der Waals surface area contributed by atoms with Gasteiger partial charge < -0.3 is 10.2 Å². The van der Waals surface area contributed by atoms with Crippen molar-refractivity contribution in [3.8, 4) is 0 Å². The molecule has 0 aliphatic heterocycles. The number of quaternary nitrogens is 1. The Kier molecular flexibility index (Phi) is 3.31. The summed E-state index contributed by atoms with van der Waals surface area (Å²) < 4.78 is 29.9. The van der Waals surface area contributed by atoms with Gasteiger partial charge in [0.15, 0.2) is 15.1 Å². The summed E-state index contributed by atoms with van der Waals surface area (Å²) in [4.78, 5) is 0.296. The lowest BCUT2D eigenvalue weighted by atomic mass is 10.3. The molecule has 3 N–H and O–H groups in total. The molecule has 1 atom stereocenters. The lowest BCUT2D eigenvalue weighted by molar-refractivity contribution is -0.368. The average molecular weight is 252 g/mol. The standard InChI is InChI=1S/C12H13NO3S/c13-9-12(11-7-4-8-16-11)17(14,15)10-5-2-1-3-6-10/h1-8,12H,9,13H2/p+1/t12-/m1/s1. The fraction of sp³-hybridized carbons (Fsp3) is 0.167. The van der Waals surface area contributed by atoms with Crippen LogP contribution in [0.1, 0.15) is 11.0 Å². The lowest BCUT2D eigenvalue weighted by Gasteiger charge is -2.11. The number of furan rings is 1. The van der Waals surface area contributed by atoms with E-state index in [9.17, 15) is 8.42 Å². The highest BCUT2D eigenvalue weighted by molar-refractivity contribution is 7.91. The van der Waals surface area contributed by atoms with Gasteiger partial charge in [0, 0.05) is 0 Å². The Morgan fingerprint density at radius 1 is 1.12 bits per heavy atom. The minimum atomic E-state index is -3.43. The molecular weight excluding hydrogens is 238 g/mol. The summed E-state index contributed by atoms with van der Waals surface area (Å²) in [6.45, 7) is 0.241. The van der Waals surface area contributed by atoms with Crippen LogP contribution in [0.5, 0.6) is 0 Å². The van der Waals surface area contributed by atoms with Gasteiger partial charge in [-0.05, 0) is 24.3 Å². The van der Waals surface area contributed by atoms with Crippen molar-refractivity contribution in [2.24, 2.45) is 0 Å². The van der Waals surface area contributed by atoms with Crippen LogP contribution in [0.25, 0.3) is 0 Å². The van der Waals surface area contributed by atoms with E-state index in [1.54, 1.807) is 42.5 Å². The summed E-state index contributed by atoms with van der Waals surface area (Å²) in [5, 5.41) is -0.722. The zero-order valence-corrected chi connectivity index (χ0v) is 10.1. The van der Waals surface area contributed by atoms with Crippen LogP contribution in [-0.2, 0) is 9.84 Å². The topological polar surface area (TPSA) is 74.9 Å². The minimum absolute atomic E-state index is 0.241. The maximum absolute atomic E-state index is 12.4. The third kappa shape index (κ3) is 2.25. The summed E-state index contributed by atoms with van der Waals surface area (Å²) >= 11 is 0. The molecule has 2 rings (SSSR count). The van der Waals surface area contributed by atoms with Crippen LogP contribution in [0.15, 0.2) is 58.0 Å². The van der Waals surface area contributed by atoms with Crippen molar-refractivity contribution >= 4 is 9.84 Å². The second-order valence-electron chi connectivity index (χ2n) is 3.65. The molecule has 4 nitrogen and oxygen atoms in total. The van der Waals surface area contributed by atoms with Crippen molar-refractivity contribution in [1.29, 1.82) is 0 Å². The second kappa shape index (κ2) is 4.73. The van der Waals surface area contributed by atoms with Crippen molar-refractivity contribution in [1.82, 2.24) is 0 Å². The zero-order chi connectivity index (χ0) is 12.3. The van der Waals surface area contributed by atoms with Gasteiger partial charge in [-0.1, -0.05) is 18.2 Å². The van der Waals surface area contributed by atoms with Crippen LogP contribution in [0.4, 0.5) is 0 Å². The largest absolute Gasteiger partial charge is 0.468 e. The number of benzene rings is 1. The smallest absolute Gasteiger partial charge is 0.194 e. The molecule has 0 saturated carbocycles. The highest BCUT2D eigenvalue weighted by Gasteiger charge is 2.31. The lowest BCUT2D eigenvalue weighted by Crippen LogP contribution is -2.54. The first kappa shape index (κ1) is 11.9. The minimum Gasteiger partial charge on any atom is -0.468 e. The molecule has 0 spiro atoms. The molecule has 1 aromatic heterocycles. The summed E-state index contributed by atoms with van der Waals surface area (Å²) in [5.74, 6) is 0.434. The van der Waals surface area contributed by atoms with Crippen LogP contribution in [0, 0.1) is 0 Å². The van der Waals surface area contributed by atoms with Crippen molar-refractivity contribution in [2.75, 3.05) is 6.54 Å². The van der Waals surface area contributed by atoms with Gasteiger partial charge in [0.05, 0.1) is 17.7 Å². The molecule has 0 bridgehead atoms. The van der Waals surface area contributed by atoms with Crippen LogP contribution in [0.2, 0.25) is 0 Å². The Hall–Kier alpha value is -1.59. The van der Waals surface area contributed by atoms with Gasteiger partial charge in [-0.25, -0.2) is 8.42 Å². The van der Waals surface area contributed by atoms with E-state index in [2.05, 4.69) is 5.73 Å². The predicted octanol–water partition coefficient (Wildman–Crippen LogP) is 1.04. The van der Waals surface area contributed by atoms with Gasteiger partial charge in [-0.2, -0.15) is 0 Å². The highest BCUT2D eigenvalue weighted by Crippen LogP contribution is 2.27. The van der Waals surface area contributed by atoms with E-state index >= 15 is 0 Å². The fourth-order valence-corrected chi connectivity index (χ4v) is 3.31. The van der Waals surface area contributed by atoms with Crippen molar-refractivity contribution in [2.45, 2.75) is 10.1 Å². The molecule has 0 radical (unpaired) electrons. The SMILES string of the molecule is [NH3+]C[C@H](c1ccco1)S(=O)(=O)c1ccccc1. The van der Waals surface area contributed by atoms with Crippen LogP contribution in [0.3, 0.4) is 0 Å². The number of hydrogen-bond acceptors (Lipinski definition) is 3. The molecule has 0 fully saturated rings. The molecule has 2 aromatic rings. The summed E-state index contributed by atoms with van der Waals surface area (Å²) in [5.41, 5.74) is 3.69. The Morgan fingerprint density at radius 3 is 2.35 bits per heavy atom. The molecule has 90 valence electrons. The summed E-state index contributed by atoms with van der Waals surface area (Å²) in [6.07, 6.45) is 1.47. The van der Waals surface area contributed by atoms with E-state index in [4.69, 9.17) is 4.42 Å². The van der Waals surface area contributed by atoms with Gasteiger partial charge in [0.2, 0.25) is 0 Å². The second-order valence-corrected chi connectivity index (χ2v) is 5.78. The molecule has 1 aromatic carbocycles. The van der Waals surface area contributed by atoms with Gasteiger partial charge in [0.1, 0.15) is 5.76 Å². The molecule has 17 heavy (non-hydrogen) atoms. The predicted molar refractivity (Wildman–Crippen MR) is 62.8 cm³/mol. The van der Waals surface area contributed by atoms with E-state index in [0.29, 0.717) is 10.7 Å². The summed E-state index contributed by atoms with van der Waals surface area (Å²) in [6, 6.07) is 11.7. The van der Waals surface area contributed by atoms with Crippen molar-refractivity contribution in [3.63, 3.8) is 0 Å². The van der Waals surface area contributed by atoms with E-state index in [-0.39, 0.29) is 6.54 Å². The van der Waals surface area contributed by atoms with Crippen LogP contribution >= 0.6 is 0 Å². The normalized spacial score (nSPS) is 13.5. The van der Waals surface area contributed by atoms with Gasteiger partial charge in [-0.3, -0.25) is 0 Å². The number of sulfone groups is 1. The maximum atomic E-state index is 12.4. The van der Waals surface area contributed by atoms with E-state index in [1.165, 1.54) is 6.26 Å². The zero-order valence-electron chi connectivity index (χ0n) is 9.24. The van der Waals surface area contributed by atoms with Crippen molar-refractivity contribution in [3.05, 3.63) is 54.5 Å². The fourth-order valence-electron chi connectivity index (χ4n) is 1.70. The quantitative estimate of drug-likeness (QED) is 0.883. The van der Waals surface area contributed by atoms with Gasteiger partial charge in [-0.15, -0.1) is 0 Å². The third-order valence-electron chi connectivity index (χ3n) is 2.57. The number of rotatable bonds is 4. The molecule has 0 saturated heterocycles. The monoisotopic (exact) mass is 252 g/mol. The van der Waals surface area contributed by atoms with E-state index in [0.717, 1.165) is 0 Å². The first-order chi connectivity index (χ1) is 8.16. The van der Waals surface area contributed by atoms with E-state index in [1.807, 2.05) is 0 Å². The Bertz CT molecular complexity index is 561. The van der Waals surface area contributed by atoms with Gasteiger partial charge >= 0.3 is 0 Å². The average Bonchev–Trinajstić information content (AvgIpc) is 2.84. The van der Waals surface area contributed by atoms with Crippen LogP contribution in [-0.4, -0.2) is 15.0 Å².